The molecular formula is C15H10BrFN2O2S. The first kappa shape index (κ1) is 15.1. The summed E-state index contributed by atoms with van der Waals surface area (Å²) in [4.78, 5) is 16.1. The minimum absolute atomic E-state index is 0.0856. The van der Waals surface area contributed by atoms with E-state index >= 15 is 0 Å². The molecule has 4 nitrogen and oxygen atoms in total. The fourth-order valence-electron chi connectivity index (χ4n) is 1.82. The summed E-state index contributed by atoms with van der Waals surface area (Å²) in [6.45, 7) is 0. The molecule has 0 radical (unpaired) electrons. The van der Waals surface area contributed by atoms with Crippen molar-refractivity contribution < 1.29 is 13.6 Å². The Hall–Kier alpha value is -1.86. The number of carbonyl (C=O) groups excluding carboxylic acids is 1. The largest absolute Gasteiger partial charge is 0.431 e. The Morgan fingerprint density at radius 1 is 1.32 bits per heavy atom. The quantitative estimate of drug-likeness (QED) is 0.678. The molecule has 0 saturated heterocycles. The zero-order chi connectivity index (χ0) is 15.5. The molecule has 7 heteroatoms. The molecular weight excluding hydrogens is 371 g/mol. The third-order valence-corrected chi connectivity index (χ3v) is 4.13. The van der Waals surface area contributed by atoms with Gasteiger partial charge in [-0.3, -0.25) is 4.79 Å². The molecule has 0 saturated carbocycles. The molecule has 1 heterocycles. The van der Waals surface area contributed by atoms with E-state index in [4.69, 9.17) is 4.42 Å². The van der Waals surface area contributed by atoms with Crippen LogP contribution in [-0.2, 0) is 4.79 Å². The average molecular weight is 381 g/mol. The predicted octanol–water partition coefficient (Wildman–Crippen LogP) is 4.46. The highest BCUT2D eigenvalue weighted by Crippen LogP contribution is 2.24. The van der Waals surface area contributed by atoms with Crippen LogP contribution in [0.2, 0.25) is 0 Å². The number of nitrogens with one attached hydrogen (secondary N) is 1. The van der Waals surface area contributed by atoms with E-state index in [0.717, 1.165) is 17.3 Å². The van der Waals surface area contributed by atoms with Crippen molar-refractivity contribution >= 4 is 50.4 Å². The Balaban J connectivity index is 1.62. The Morgan fingerprint density at radius 2 is 2.14 bits per heavy atom. The van der Waals surface area contributed by atoms with Gasteiger partial charge >= 0.3 is 0 Å². The molecule has 22 heavy (non-hydrogen) atoms. The number of anilines is 1. The molecule has 0 spiro atoms. The van der Waals surface area contributed by atoms with Gasteiger partial charge in [0.2, 0.25) is 5.91 Å². The Bertz CT molecular complexity index is 804. The maximum atomic E-state index is 13.6. The van der Waals surface area contributed by atoms with Crippen LogP contribution in [0.5, 0.6) is 0 Å². The second-order valence-corrected chi connectivity index (χ2v) is 6.25. The highest BCUT2D eigenvalue weighted by atomic mass is 79.9. The van der Waals surface area contributed by atoms with E-state index in [-0.39, 0.29) is 17.3 Å². The van der Waals surface area contributed by atoms with Crippen molar-refractivity contribution in [1.82, 2.24) is 4.98 Å². The van der Waals surface area contributed by atoms with E-state index in [1.807, 2.05) is 24.3 Å². The summed E-state index contributed by atoms with van der Waals surface area (Å²) in [6, 6.07) is 11.8. The number of rotatable bonds is 4. The van der Waals surface area contributed by atoms with Crippen molar-refractivity contribution in [2.45, 2.75) is 5.22 Å². The second-order valence-electron chi connectivity index (χ2n) is 4.41. The van der Waals surface area contributed by atoms with E-state index in [1.54, 1.807) is 6.07 Å². The van der Waals surface area contributed by atoms with Crippen LogP contribution < -0.4 is 5.32 Å². The lowest BCUT2D eigenvalue weighted by Gasteiger charge is -2.05. The number of para-hydroxylation sites is 2. The maximum absolute atomic E-state index is 13.6. The van der Waals surface area contributed by atoms with Crippen LogP contribution in [-0.4, -0.2) is 16.6 Å². The molecule has 0 aliphatic rings. The van der Waals surface area contributed by atoms with Crippen LogP contribution >= 0.6 is 27.7 Å². The van der Waals surface area contributed by atoms with Crippen LogP contribution in [0.1, 0.15) is 0 Å². The SMILES string of the molecule is O=C(CSc1nc2ccccc2o1)Nc1ccc(Br)cc1F. The van der Waals surface area contributed by atoms with Gasteiger partial charge in [-0.05, 0) is 30.3 Å². The van der Waals surface area contributed by atoms with Gasteiger partial charge in [-0.25, -0.2) is 9.37 Å². The van der Waals surface area contributed by atoms with E-state index < -0.39 is 5.82 Å². The van der Waals surface area contributed by atoms with Gasteiger partial charge in [0.1, 0.15) is 11.3 Å². The summed E-state index contributed by atoms with van der Waals surface area (Å²) in [7, 11) is 0. The highest BCUT2D eigenvalue weighted by molar-refractivity contribution is 9.10. The van der Waals surface area contributed by atoms with Crippen molar-refractivity contribution in [2.75, 3.05) is 11.1 Å². The van der Waals surface area contributed by atoms with Crippen LogP contribution in [0.3, 0.4) is 0 Å². The van der Waals surface area contributed by atoms with Crippen LogP contribution in [0.15, 0.2) is 56.6 Å². The number of hydrogen-bond donors (Lipinski definition) is 1. The normalized spacial score (nSPS) is 10.8. The first-order valence-electron chi connectivity index (χ1n) is 6.35. The van der Waals surface area contributed by atoms with Gasteiger partial charge in [0.25, 0.3) is 5.22 Å². The molecule has 0 atom stereocenters. The average Bonchev–Trinajstić information content (AvgIpc) is 2.91. The number of oxazole rings is 1. The molecule has 112 valence electrons. The van der Waals surface area contributed by atoms with Crippen molar-refractivity contribution in [3.63, 3.8) is 0 Å². The summed E-state index contributed by atoms with van der Waals surface area (Å²) in [5, 5.41) is 2.93. The van der Waals surface area contributed by atoms with Gasteiger partial charge in [-0.15, -0.1) is 0 Å². The third kappa shape index (κ3) is 3.48. The van der Waals surface area contributed by atoms with Crippen LogP contribution in [0, 0.1) is 5.82 Å². The monoisotopic (exact) mass is 380 g/mol. The van der Waals surface area contributed by atoms with Gasteiger partial charge < -0.3 is 9.73 Å². The summed E-state index contributed by atoms with van der Waals surface area (Å²) in [5.41, 5.74) is 1.56. The molecule has 2 aromatic carbocycles. The molecule has 0 fully saturated rings. The maximum Gasteiger partial charge on any atom is 0.257 e. The zero-order valence-corrected chi connectivity index (χ0v) is 13.6. The van der Waals surface area contributed by atoms with Crippen molar-refractivity contribution in [3.8, 4) is 0 Å². The van der Waals surface area contributed by atoms with Crippen molar-refractivity contribution in [2.24, 2.45) is 0 Å². The van der Waals surface area contributed by atoms with E-state index in [1.165, 1.54) is 12.1 Å². The number of amides is 1. The first-order chi connectivity index (χ1) is 10.6. The zero-order valence-electron chi connectivity index (χ0n) is 11.2. The topological polar surface area (TPSA) is 55.1 Å². The first-order valence-corrected chi connectivity index (χ1v) is 8.13. The fraction of sp³-hybridized carbons (Fsp3) is 0.0667. The lowest BCUT2D eigenvalue weighted by Crippen LogP contribution is -2.15. The Labute approximate surface area is 138 Å². The van der Waals surface area contributed by atoms with Gasteiger partial charge in [0.05, 0.1) is 11.4 Å². The molecule has 0 aliphatic carbocycles. The minimum atomic E-state index is -0.491. The van der Waals surface area contributed by atoms with Gasteiger partial charge in [0.15, 0.2) is 5.58 Å². The van der Waals surface area contributed by atoms with Gasteiger partial charge in [0, 0.05) is 4.47 Å². The number of aromatic nitrogens is 1. The van der Waals surface area contributed by atoms with Gasteiger partial charge in [-0.1, -0.05) is 39.8 Å². The van der Waals surface area contributed by atoms with E-state index in [2.05, 4.69) is 26.2 Å². The lowest BCUT2D eigenvalue weighted by molar-refractivity contribution is -0.113. The fourth-order valence-corrected chi connectivity index (χ4v) is 2.79. The van der Waals surface area contributed by atoms with E-state index in [0.29, 0.717) is 15.3 Å². The molecule has 3 rings (SSSR count). The number of fused-ring (bicyclic) bond motifs is 1. The van der Waals surface area contributed by atoms with Crippen molar-refractivity contribution in [1.29, 1.82) is 0 Å². The van der Waals surface area contributed by atoms with Crippen LogP contribution in [0.4, 0.5) is 10.1 Å². The molecule has 0 aliphatic heterocycles. The van der Waals surface area contributed by atoms with Gasteiger partial charge in [-0.2, -0.15) is 0 Å². The summed E-state index contributed by atoms with van der Waals surface area (Å²) >= 11 is 4.32. The summed E-state index contributed by atoms with van der Waals surface area (Å²) < 4.78 is 19.7. The van der Waals surface area contributed by atoms with Crippen molar-refractivity contribution in [3.05, 3.63) is 52.8 Å². The Morgan fingerprint density at radius 3 is 2.91 bits per heavy atom. The molecule has 0 unspecified atom stereocenters. The molecule has 1 N–H and O–H groups in total. The number of carbonyl (C=O) groups is 1. The summed E-state index contributed by atoms with van der Waals surface area (Å²) in [5.74, 6) is -0.731. The lowest BCUT2D eigenvalue weighted by atomic mass is 10.3. The second kappa shape index (κ2) is 6.50. The molecule has 3 aromatic rings. The smallest absolute Gasteiger partial charge is 0.257 e. The number of halogens is 2. The standard InChI is InChI=1S/C15H10BrFN2O2S/c16-9-5-6-11(10(17)7-9)18-14(20)8-22-15-19-12-3-1-2-4-13(12)21-15/h1-7H,8H2,(H,18,20). The molecule has 1 amide bonds. The number of thioether (sulfide) groups is 1. The number of nitrogens with zero attached hydrogens (tertiary/aromatic N) is 1. The number of benzene rings is 2. The minimum Gasteiger partial charge on any atom is -0.431 e. The highest BCUT2D eigenvalue weighted by Gasteiger charge is 2.11. The third-order valence-electron chi connectivity index (χ3n) is 2.81. The predicted molar refractivity (Wildman–Crippen MR) is 87.5 cm³/mol. The molecule has 0 bridgehead atoms. The van der Waals surface area contributed by atoms with E-state index in [9.17, 15) is 9.18 Å². The number of hydrogen-bond acceptors (Lipinski definition) is 4. The molecule has 1 aromatic heterocycles. The summed E-state index contributed by atoms with van der Waals surface area (Å²) in [6.07, 6.45) is 0. The Kier molecular flexibility index (Phi) is 4.44. The van der Waals surface area contributed by atoms with Crippen LogP contribution in [0.25, 0.3) is 11.1 Å².